The summed E-state index contributed by atoms with van der Waals surface area (Å²) < 4.78 is 4.41. The van der Waals surface area contributed by atoms with E-state index < -0.39 is 0 Å². The van der Waals surface area contributed by atoms with E-state index in [2.05, 4.69) is 46.2 Å². The molecular formula is C8H15N5O. The highest BCUT2D eigenvalue weighted by Crippen LogP contribution is 2.17. The van der Waals surface area contributed by atoms with Gasteiger partial charge in [0, 0.05) is 11.1 Å². The van der Waals surface area contributed by atoms with Crippen LogP contribution in [0, 0.1) is 5.41 Å². The molecule has 6 heteroatoms. The van der Waals surface area contributed by atoms with Gasteiger partial charge in [-0.3, -0.25) is 5.43 Å². The van der Waals surface area contributed by atoms with Crippen molar-refractivity contribution in [3.8, 4) is 0 Å². The van der Waals surface area contributed by atoms with Crippen LogP contribution in [0.1, 0.15) is 27.7 Å². The molecule has 1 heterocycles. The topological polar surface area (TPSA) is 89.3 Å². The quantitative estimate of drug-likeness (QED) is 0.553. The molecule has 0 aromatic carbocycles. The number of nitrogens with one attached hydrogen (secondary N) is 1. The Bertz CT molecular complexity index is 336. The molecule has 0 aliphatic carbocycles. The van der Waals surface area contributed by atoms with Crippen LogP contribution in [0.4, 0.5) is 11.6 Å². The second kappa shape index (κ2) is 3.65. The molecule has 0 bridgehead atoms. The maximum Gasteiger partial charge on any atom is 0.235 e. The first-order valence-electron chi connectivity index (χ1n) is 4.30. The van der Waals surface area contributed by atoms with Gasteiger partial charge in [0.1, 0.15) is 0 Å². The van der Waals surface area contributed by atoms with Crippen LogP contribution in [0.3, 0.4) is 0 Å². The zero-order chi connectivity index (χ0) is 10.8. The summed E-state index contributed by atoms with van der Waals surface area (Å²) in [6, 6.07) is 0. The molecule has 78 valence electrons. The van der Waals surface area contributed by atoms with E-state index in [0.29, 0.717) is 5.82 Å². The van der Waals surface area contributed by atoms with E-state index in [1.54, 1.807) is 0 Å². The van der Waals surface area contributed by atoms with Crippen LogP contribution >= 0.6 is 0 Å². The monoisotopic (exact) mass is 197 g/mol. The first-order chi connectivity index (χ1) is 6.41. The van der Waals surface area contributed by atoms with Crippen molar-refractivity contribution in [1.29, 1.82) is 0 Å². The highest BCUT2D eigenvalue weighted by Gasteiger charge is 2.14. The van der Waals surface area contributed by atoms with Gasteiger partial charge >= 0.3 is 0 Å². The standard InChI is InChI=1S/C8H15N5O/c1-5(8(2,3)4)10-11-7-6(9)12-14-13-7/h1-4H3,(H2,9,12)(H,11,13)/b10-5-. The van der Waals surface area contributed by atoms with Crippen molar-refractivity contribution in [2.45, 2.75) is 27.7 Å². The second-order valence-corrected chi connectivity index (χ2v) is 4.06. The lowest BCUT2D eigenvalue weighted by Crippen LogP contribution is -2.18. The summed E-state index contributed by atoms with van der Waals surface area (Å²) in [5, 5.41) is 11.1. The van der Waals surface area contributed by atoms with Crippen LogP contribution in [0.2, 0.25) is 0 Å². The second-order valence-electron chi connectivity index (χ2n) is 4.06. The number of aromatic nitrogens is 2. The molecule has 0 fully saturated rings. The minimum Gasteiger partial charge on any atom is -0.378 e. The van der Waals surface area contributed by atoms with Crippen molar-refractivity contribution in [1.82, 2.24) is 10.3 Å². The van der Waals surface area contributed by atoms with Gasteiger partial charge in [-0.05, 0) is 17.2 Å². The van der Waals surface area contributed by atoms with Gasteiger partial charge in [-0.15, -0.1) is 0 Å². The number of hydrogen-bond donors (Lipinski definition) is 2. The largest absolute Gasteiger partial charge is 0.378 e. The summed E-state index contributed by atoms with van der Waals surface area (Å²) in [5.41, 5.74) is 9.09. The molecule has 1 aromatic heterocycles. The Kier molecular flexibility index (Phi) is 2.73. The lowest BCUT2D eigenvalue weighted by Gasteiger charge is -2.17. The predicted octanol–water partition coefficient (Wildman–Crippen LogP) is 1.49. The molecule has 1 aromatic rings. The van der Waals surface area contributed by atoms with Crippen LogP contribution in [-0.4, -0.2) is 16.0 Å². The number of anilines is 2. The van der Waals surface area contributed by atoms with Crippen molar-refractivity contribution in [3.63, 3.8) is 0 Å². The fourth-order valence-electron chi connectivity index (χ4n) is 0.577. The van der Waals surface area contributed by atoms with Gasteiger partial charge in [0.2, 0.25) is 11.6 Å². The molecule has 0 spiro atoms. The molecule has 0 saturated carbocycles. The number of nitrogens with two attached hydrogens (primary N) is 1. The van der Waals surface area contributed by atoms with E-state index in [-0.39, 0.29) is 11.2 Å². The van der Waals surface area contributed by atoms with Crippen molar-refractivity contribution in [3.05, 3.63) is 0 Å². The molecule has 14 heavy (non-hydrogen) atoms. The molecule has 0 saturated heterocycles. The Hall–Kier alpha value is -1.59. The van der Waals surface area contributed by atoms with E-state index in [4.69, 9.17) is 5.73 Å². The molecule has 1 rings (SSSR count). The average molecular weight is 197 g/mol. The highest BCUT2D eigenvalue weighted by molar-refractivity contribution is 5.87. The lowest BCUT2D eigenvalue weighted by atomic mass is 9.91. The third kappa shape index (κ3) is 2.45. The number of rotatable bonds is 2. The smallest absolute Gasteiger partial charge is 0.235 e. The average Bonchev–Trinajstić information content (AvgIpc) is 2.45. The van der Waals surface area contributed by atoms with Crippen molar-refractivity contribution in [2.24, 2.45) is 10.5 Å². The van der Waals surface area contributed by atoms with E-state index >= 15 is 0 Å². The Morgan fingerprint density at radius 2 is 2.07 bits per heavy atom. The number of hydrazone groups is 1. The van der Waals surface area contributed by atoms with Gasteiger partial charge in [-0.1, -0.05) is 20.8 Å². The lowest BCUT2D eigenvalue weighted by molar-refractivity contribution is 0.310. The molecule has 0 aliphatic heterocycles. The summed E-state index contributed by atoms with van der Waals surface area (Å²) in [6.45, 7) is 8.13. The van der Waals surface area contributed by atoms with E-state index in [1.165, 1.54) is 0 Å². The first-order valence-corrected chi connectivity index (χ1v) is 4.30. The third-order valence-electron chi connectivity index (χ3n) is 1.93. The Labute approximate surface area is 82.5 Å². The van der Waals surface area contributed by atoms with Gasteiger partial charge in [0.25, 0.3) is 0 Å². The summed E-state index contributed by atoms with van der Waals surface area (Å²) >= 11 is 0. The number of nitrogen functional groups attached to an aromatic ring is 1. The van der Waals surface area contributed by atoms with Gasteiger partial charge < -0.3 is 5.73 Å². The summed E-state index contributed by atoms with van der Waals surface area (Å²) in [4.78, 5) is 0. The van der Waals surface area contributed by atoms with Gasteiger partial charge in [-0.2, -0.15) is 5.10 Å². The maximum atomic E-state index is 5.44. The Balaban J connectivity index is 2.69. The molecule has 0 radical (unpaired) electrons. The minimum absolute atomic E-state index is 0.0128. The normalized spacial score (nSPS) is 13.0. The van der Waals surface area contributed by atoms with E-state index in [1.807, 2.05) is 6.92 Å². The Morgan fingerprint density at radius 1 is 1.43 bits per heavy atom. The summed E-state index contributed by atoms with van der Waals surface area (Å²) in [6.07, 6.45) is 0. The molecule has 0 atom stereocenters. The minimum atomic E-state index is 0.0128. The predicted molar refractivity (Wildman–Crippen MR) is 54.9 cm³/mol. The van der Waals surface area contributed by atoms with Crippen LogP contribution in [0.5, 0.6) is 0 Å². The van der Waals surface area contributed by atoms with Gasteiger partial charge in [-0.25, -0.2) is 4.63 Å². The van der Waals surface area contributed by atoms with Crippen LogP contribution in [0.15, 0.2) is 9.73 Å². The summed E-state index contributed by atoms with van der Waals surface area (Å²) in [5.74, 6) is 0.545. The fraction of sp³-hybridized carbons (Fsp3) is 0.625. The first kappa shape index (κ1) is 10.5. The van der Waals surface area contributed by atoms with Crippen molar-refractivity contribution < 1.29 is 4.63 Å². The highest BCUT2D eigenvalue weighted by atomic mass is 16.6. The number of nitrogens with zero attached hydrogens (tertiary/aromatic N) is 3. The van der Waals surface area contributed by atoms with Crippen LogP contribution in [-0.2, 0) is 0 Å². The molecule has 0 amide bonds. The fourth-order valence-corrected chi connectivity index (χ4v) is 0.577. The van der Waals surface area contributed by atoms with E-state index in [0.717, 1.165) is 5.71 Å². The maximum absolute atomic E-state index is 5.44. The van der Waals surface area contributed by atoms with Gasteiger partial charge in [0.15, 0.2) is 0 Å². The summed E-state index contributed by atoms with van der Waals surface area (Å²) in [7, 11) is 0. The third-order valence-corrected chi connectivity index (χ3v) is 1.93. The molecule has 6 nitrogen and oxygen atoms in total. The molecule has 0 unspecified atom stereocenters. The van der Waals surface area contributed by atoms with Crippen molar-refractivity contribution >= 4 is 17.3 Å². The molecule has 0 aliphatic rings. The molecule has 3 N–H and O–H groups in total. The van der Waals surface area contributed by atoms with Crippen LogP contribution in [0.25, 0.3) is 0 Å². The van der Waals surface area contributed by atoms with Crippen LogP contribution < -0.4 is 11.2 Å². The Morgan fingerprint density at radius 3 is 2.50 bits per heavy atom. The molecular weight excluding hydrogens is 182 g/mol. The zero-order valence-electron chi connectivity index (χ0n) is 8.83. The number of hydrogen-bond acceptors (Lipinski definition) is 6. The van der Waals surface area contributed by atoms with Crippen molar-refractivity contribution in [2.75, 3.05) is 11.2 Å². The van der Waals surface area contributed by atoms with E-state index in [9.17, 15) is 0 Å². The van der Waals surface area contributed by atoms with Gasteiger partial charge in [0.05, 0.1) is 0 Å². The SMILES string of the molecule is C/C(=N/Nc1nonc1N)C(C)(C)C. The zero-order valence-corrected chi connectivity index (χ0v) is 8.83.